The molecule has 0 saturated carbocycles. The first kappa shape index (κ1) is 17.2. The van der Waals surface area contributed by atoms with Crippen LogP contribution < -0.4 is 10.6 Å². The van der Waals surface area contributed by atoms with Gasteiger partial charge in [-0.15, -0.1) is 0 Å². The Morgan fingerprint density at radius 2 is 1.69 bits per heavy atom. The number of benzene rings is 2. The molecule has 0 aliphatic carbocycles. The molecule has 1 heterocycles. The predicted molar refractivity (Wildman–Crippen MR) is 102 cm³/mol. The van der Waals surface area contributed by atoms with Crippen molar-refractivity contribution in [3.63, 3.8) is 0 Å². The largest absolute Gasteiger partial charge is 0.354 e. The fourth-order valence-corrected chi connectivity index (χ4v) is 2.41. The predicted octanol–water partition coefficient (Wildman–Crippen LogP) is 4.19. The summed E-state index contributed by atoms with van der Waals surface area (Å²) in [4.78, 5) is 16.4. The third-order valence-electron chi connectivity index (χ3n) is 3.82. The van der Waals surface area contributed by atoms with Crippen LogP contribution in [0.25, 0.3) is 0 Å². The first-order valence-corrected chi connectivity index (χ1v) is 8.21. The van der Waals surface area contributed by atoms with Crippen molar-refractivity contribution in [2.45, 2.75) is 13.3 Å². The Kier molecular flexibility index (Phi) is 5.25. The number of hydrogen-bond donors (Lipinski definition) is 2. The van der Waals surface area contributed by atoms with E-state index < -0.39 is 0 Å². The minimum absolute atomic E-state index is 0.103. The van der Waals surface area contributed by atoms with Gasteiger partial charge < -0.3 is 10.6 Å². The molecular formula is C21H18N4O. The van der Waals surface area contributed by atoms with Gasteiger partial charge in [0.1, 0.15) is 5.82 Å². The Bertz CT molecular complexity index is 924. The van der Waals surface area contributed by atoms with E-state index in [1.54, 1.807) is 24.4 Å². The molecule has 1 aromatic heterocycles. The van der Waals surface area contributed by atoms with Crippen molar-refractivity contribution < 1.29 is 4.79 Å². The van der Waals surface area contributed by atoms with Crippen molar-refractivity contribution >= 4 is 23.1 Å². The van der Waals surface area contributed by atoms with Gasteiger partial charge in [-0.1, -0.05) is 29.8 Å². The zero-order valence-corrected chi connectivity index (χ0v) is 14.4. The molecule has 0 aliphatic rings. The highest BCUT2D eigenvalue weighted by Crippen LogP contribution is 2.17. The van der Waals surface area contributed by atoms with Gasteiger partial charge in [0.15, 0.2) is 0 Å². The number of carbonyl (C=O) groups is 1. The molecule has 0 aliphatic heterocycles. The summed E-state index contributed by atoms with van der Waals surface area (Å²) < 4.78 is 0. The van der Waals surface area contributed by atoms with Gasteiger partial charge >= 0.3 is 0 Å². The molecule has 0 unspecified atom stereocenters. The highest BCUT2D eigenvalue weighted by atomic mass is 16.1. The van der Waals surface area contributed by atoms with Crippen molar-refractivity contribution in [1.82, 2.24) is 4.98 Å². The number of nitrogens with zero attached hydrogens (tertiary/aromatic N) is 2. The van der Waals surface area contributed by atoms with E-state index in [2.05, 4.69) is 21.7 Å². The second-order valence-corrected chi connectivity index (χ2v) is 5.96. The van der Waals surface area contributed by atoms with Crippen LogP contribution in [-0.4, -0.2) is 10.9 Å². The molecule has 128 valence electrons. The lowest BCUT2D eigenvalue weighted by molar-refractivity contribution is -0.115. The summed E-state index contributed by atoms with van der Waals surface area (Å²) in [6.45, 7) is 2.02. The monoisotopic (exact) mass is 342 g/mol. The second-order valence-electron chi connectivity index (χ2n) is 5.96. The summed E-state index contributed by atoms with van der Waals surface area (Å²) in [5, 5.41) is 14.8. The van der Waals surface area contributed by atoms with Gasteiger partial charge in [-0.2, -0.15) is 5.26 Å². The maximum Gasteiger partial charge on any atom is 0.229 e. The summed E-state index contributed by atoms with van der Waals surface area (Å²) in [6, 6.07) is 20.7. The Balaban J connectivity index is 1.57. The minimum atomic E-state index is -0.103. The number of aryl methyl sites for hydroxylation is 1. The van der Waals surface area contributed by atoms with E-state index >= 15 is 0 Å². The summed E-state index contributed by atoms with van der Waals surface area (Å²) in [5.41, 5.74) is 4.40. The normalized spacial score (nSPS) is 10.0. The van der Waals surface area contributed by atoms with Gasteiger partial charge in [-0.3, -0.25) is 4.79 Å². The van der Waals surface area contributed by atoms with Crippen LogP contribution in [0.1, 0.15) is 16.7 Å². The van der Waals surface area contributed by atoms with Gasteiger partial charge in [0.2, 0.25) is 5.91 Å². The van der Waals surface area contributed by atoms with E-state index in [0.717, 1.165) is 16.9 Å². The standard InChI is InChI=1S/C21H18N4O/c1-15-2-4-16(5-3-15)12-21(26)25-20-11-10-19(14-23-20)24-18-8-6-17(13-22)7-9-18/h2-11,14,24H,12H2,1H3,(H,23,25,26). The van der Waals surface area contributed by atoms with Gasteiger partial charge in [-0.25, -0.2) is 4.98 Å². The zero-order chi connectivity index (χ0) is 18.4. The molecule has 3 aromatic rings. The maximum atomic E-state index is 12.1. The van der Waals surface area contributed by atoms with E-state index in [9.17, 15) is 4.79 Å². The lowest BCUT2D eigenvalue weighted by Gasteiger charge is -2.08. The number of carbonyl (C=O) groups excluding carboxylic acids is 1. The quantitative estimate of drug-likeness (QED) is 0.729. The van der Waals surface area contributed by atoms with Crippen LogP contribution in [-0.2, 0) is 11.2 Å². The molecule has 0 atom stereocenters. The number of nitrogens with one attached hydrogen (secondary N) is 2. The van der Waals surface area contributed by atoms with Crippen molar-refractivity contribution in [1.29, 1.82) is 5.26 Å². The number of pyridine rings is 1. The first-order chi connectivity index (χ1) is 12.6. The topological polar surface area (TPSA) is 77.8 Å². The Hall–Kier alpha value is -3.65. The Morgan fingerprint density at radius 1 is 1.00 bits per heavy atom. The van der Waals surface area contributed by atoms with E-state index in [1.165, 1.54) is 5.56 Å². The van der Waals surface area contributed by atoms with E-state index in [0.29, 0.717) is 17.8 Å². The van der Waals surface area contributed by atoms with Crippen LogP contribution in [0.5, 0.6) is 0 Å². The molecule has 1 amide bonds. The van der Waals surface area contributed by atoms with Crippen LogP contribution in [0, 0.1) is 18.3 Å². The van der Waals surface area contributed by atoms with E-state index in [1.807, 2.05) is 49.4 Å². The highest BCUT2D eigenvalue weighted by molar-refractivity contribution is 5.91. The fourth-order valence-electron chi connectivity index (χ4n) is 2.41. The minimum Gasteiger partial charge on any atom is -0.354 e. The summed E-state index contributed by atoms with van der Waals surface area (Å²) >= 11 is 0. The van der Waals surface area contributed by atoms with E-state index in [-0.39, 0.29) is 5.91 Å². The van der Waals surface area contributed by atoms with Gasteiger partial charge in [0.05, 0.1) is 29.9 Å². The van der Waals surface area contributed by atoms with Crippen LogP contribution in [0.15, 0.2) is 66.9 Å². The molecule has 0 spiro atoms. The Morgan fingerprint density at radius 3 is 2.31 bits per heavy atom. The Labute approximate surface area is 152 Å². The van der Waals surface area contributed by atoms with Gasteiger partial charge in [0.25, 0.3) is 0 Å². The third-order valence-corrected chi connectivity index (χ3v) is 3.82. The van der Waals surface area contributed by atoms with Crippen LogP contribution >= 0.6 is 0 Å². The van der Waals surface area contributed by atoms with Crippen molar-refractivity contribution in [2.75, 3.05) is 10.6 Å². The summed E-state index contributed by atoms with van der Waals surface area (Å²) in [7, 11) is 0. The molecule has 5 nitrogen and oxygen atoms in total. The first-order valence-electron chi connectivity index (χ1n) is 8.21. The number of nitriles is 1. The van der Waals surface area contributed by atoms with Crippen LogP contribution in [0.4, 0.5) is 17.2 Å². The highest BCUT2D eigenvalue weighted by Gasteiger charge is 2.05. The molecule has 0 saturated heterocycles. The number of amides is 1. The fraction of sp³-hybridized carbons (Fsp3) is 0.0952. The molecule has 0 fully saturated rings. The smallest absolute Gasteiger partial charge is 0.229 e. The number of anilines is 3. The van der Waals surface area contributed by atoms with Crippen LogP contribution in [0.3, 0.4) is 0 Å². The molecule has 2 aromatic carbocycles. The molecule has 0 bridgehead atoms. The lowest BCUT2D eigenvalue weighted by Crippen LogP contribution is -2.15. The molecule has 2 N–H and O–H groups in total. The molecule has 0 radical (unpaired) electrons. The van der Waals surface area contributed by atoms with Gasteiger partial charge in [0, 0.05) is 5.69 Å². The van der Waals surface area contributed by atoms with Crippen molar-refractivity contribution in [3.8, 4) is 6.07 Å². The SMILES string of the molecule is Cc1ccc(CC(=O)Nc2ccc(Nc3ccc(C#N)cc3)cn2)cc1. The zero-order valence-electron chi connectivity index (χ0n) is 14.4. The second kappa shape index (κ2) is 7.95. The van der Waals surface area contributed by atoms with Crippen LogP contribution in [0.2, 0.25) is 0 Å². The summed E-state index contributed by atoms with van der Waals surface area (Å²) in [6.07, 6.45) is 1.97. The third kappa shape index (κ3) is 4.68. The number of hydrogen-bond acceptors (Lipinski definition) is 4. The summed E-state index contributed by atoms with van der Waals surface area (Å²) in [5.74, 6) is 0.404. The average Bonchev–Trinajstić information content (AvgIpc) is 2.66. The molecule has 3 rings (SSSR count). The number of rotatable bonds is 5. The van der Waals surface area contributed by atoms with Crippen molar-refractivity contribution in [2.24, 2.45) is 0 Å². The molecule has 26 heavy (non-hydrogen) atoms. The van der Waals surface area contributed by atoms with Crippen molar-refractivity contribution in [3.05, 3.63) is 83.6 Å². The molecule has 5 heteroatoms. The lowest BCUT2D eigenvalue weighted by atomic mass is 10.1. The number of aromatic nitrogens is 1. The average molecular weight is 342 g/mol. The molecular weight excluding hydrogens is 324 g/mol. The van der Waals surface area contributed by atoms with E-state index in [4.69, 9.17) is 5.26 Å². The van der Waals surface area contributed by atoms with Gasteiger partial charge in [-0.05, 0) is 48.9 Å². The maximum absolute atomic E-state index is 12.1.